The molecule has 0 spiro atoms. The summed E-state index contributed by atoms with van der Waals surface area (Å²) in [6.07, 6.45) is 0. The second kappa shape index (κ2) is 7.00. The van der Waals surface area contributed by atoms with Crippen LogP contribution in [0.25, 0.3) is 11.4 Å². The van der Waals surface area contributed by atoms with Crippen molar-refractivity contribution in [2.75, 3.05) is 20.3 Å². The number of benzene rings is 1. The van der Waals surface area contributed by atoms with Gasteiger partial charge in [-0.2, -0.15) is 4.98 Å². The van der Waals surface area contributed by atoms with Crippen molar-refractivity contribution in [1.82, 2.24) is 15.5 Å². The Morgan fingerprint density at radius 1 is 1.47 bits per heavy atom. The van der Waals surface area contributed by atoms with Crippen molar-refractivity contribution in [1.29, 1.82) is 0 Å². The van der Waals surface area contributed by atoms with Crippen LogP contribution in [0.4, 0.5) is 0 Å². The van der Waals surface area contributed by atoms with E-state index in [1.807, 2.05) is 12.1 Å². The normalized spacial score (nSPS) is 10.9. The Morgan fingerprint density at radius 3 is 3.05 bits per heavy atom. The summed E-state index contributed by atoms with van der Waals surface area (Å²) in [5, 5.41) is 7.72. The molecule has 0 atom stereocenters. The minimum atomic E-state index is 0.519. The fourth-order valence-corrected chi connectivity index (χ4v) is 1.95. The summed E-state index contributed by atoms with van der Waals surface area (Å²) in [6, 6.07) is 5.49. The highest BCUT2D eigenvalue weighted by atomic mass is 79.9. The summed E-state index contributed by atoms with van der Waals surface area (Å²) < 4.78 is 10.9. The van der Waals surface area contributed by atoms with Gasteiger partial charge in [-0.05, 0) is 34.1 Å². The summed E-state index contributed by atoms with van der Waals surface area (Å²) in [7, 11) is 1.66. The first-order chi connectivity index (χ1) is 9.20. The van der Waals surface area contributed by atoms with Crippen molar-refractivity contribution in [2.24, 2.45) is 0 Å². The molecule has 1 aromatic carbocycles. The maximum absolute atomic E-state index is 5.94. The standard InChI is InChI=1S/C12H13BrClN3O2/c1-18-5-4-15-7-11-16-12(17-19-11)8-2-3-10(14)9(13)6-8/h2-3,6,15H,4-5,7H2,1H3. The minimum absolute atomic E-state index is 0.519. The number of ether oxygens (including phenoxy) is 1. The predicted molar refractivity (Wildman–Crippen MR) is 76.0 cm³/mol. The van der Waals surface area contributed by atoms with Crippen LogP contribution in [-0.4, -0.2) is 30.4 Å². The molecule has 102 valence electrons. The highest BCUT2D eigenvalue weighted by molar-refractivity contribution is 9.10. The van der Waals surface area contributed by atoms with Crippen molar-refractivity contribution < 1.29 is 9.26 Å². The minimum Gasteiger partial charge on any atom is -0.383 e. The van der Waals surface area contributed by atoms with E-state index >= 15 is 0 Å². The number of nitrogens with zero attached hydrogens (tertiary/aromatic N) is 2. The van der Waals surface area contributed by atoms with Gasteiger partial charge < -0.3 is 14.6 Å². The van der Waals surface area contributed by atoms with Crippen LogP contribution in [0.2, 0.25) is 5.02 Å². The van der Waals surface area contributed by atoms with Gasteiger partial charge in [0.25, 0.3) is 0 Å². The van der Waals surface area contributed by atoms with Gasteiger partial charge in [-0.25, -0.2) is 0 Å². The first kappa shape index (κ1) is 14.5. The van der Waals surface area contributed by atoms with Crippen LogP contribution >= 0.6 is 27.5 Å². The number of nitrogens with one attached hydrogen (secondary N) is 1. The zero-order chi connectivity index (χ0) is 13.7. The monoisotopic (exact) mass is 345 g/mol. The average molecular weight is 347 g/mol. The molecule has 0 saturated carbocycles. The second-order valence-corrected chi connectivity index (χ2v) is 5.07. The Morgan fingerprint density at radius 2 is 2.32 bits per heavy atom. The van der Waals surface area contributed by atoms with Crippen molar-refractivity contribution in [3.05, 3.63) is 33.6 Å². The fraction of sp³-hybridized carbons (Fsp3) is 0.333. The van der Waals surface area contributed by atoms with Gasteiger partial charge in [-0.15, -0.1) is 0 Å². The van der Waals surface area contributed by atoms with E-state index in [9.17, 15) is 0 Å². The van der Waals surface area contributed by atoms with Crippen LogP contribution in [0.15, 0.2) is 27.2 Å². The molecule has 0 saturated heterocycles. The number of halogens is 2. The zero-order valence-electron chi connectivity index (χ0n) is 10.3. The Hall–Kier alpha value is -0.950. The van der Waals surface area contributed by atoms with Crippen molar-refractivity contribution in [3.8, 4) is 11.4 Å². The molecule has 1 N–H and O–H groups in total. The molecular formula is C12H13BrClN3O2. The number of hydrogen-bond donors (Lipinski definition) is 1. The van der Waals surface area contributed by atoms with E-state index in [4.69, 9.17) is 20.9 Å². The molecule has 2 rings (SSSR count). The lowest BCUT2D eigenvalue weighted by Gasteiger charge is -1.99. The third-order valence-corrected chi connectivity index (χ3v) is 3.62. The number of methoxy groups -OCH3 is 1. The zero-order valence-corrected chi connectivity index (χ0v) is 12.7. The first-order valence-corrected chi connectivity index (χ1v) is 6.85. The number of hydrogen-bond acceptors (Lipinski definition) is 5. The van der Waals surface area contributed by atoms with Crippen LogP contribution < -0.4 is 5.32 Å². The van der Waals surface area contributed by atoms with Gasteiger partial charge in [0.05, 0.1) is 18.2 Å². The molecule has 1 heterocycles. The predicted octanol–water partition coefficient (Wildman–Crippen LogP) is 2.89. The van der Waals surface area contributed by atoms with Crippen LogP contribution in [0.5, 0.6) is 0 Å². The molecule has 0 fully saturated rings. The lowest BCUT2D eigenvalue weighted by molar-refractivity contribution is 0.197. The maximum Gasteiger partial charge on any atom is 0.240 e. The van der Waals surface area contributed by atoms with Crippen LogP contribution in [0, 0.1) is 0 Å². The van der Waals surface area contributed by atoms with Gasteiger partial charge >= 0.3 is 0 Å². The highest BCUT2D eigenvalue weighted by Gasteiger charge is 2.09. The molecule has 0 amide bonds. The molecule has 0 aliphatic rings. The molecule has 7 heteroatoms. The van der Waals surface area contributed by atoms with E-state index in [0.29, 0.717) is 29.9 Å². The quantitative estimate of drug-likeness (QED) is 0.815. The summed E-state index contributed by atoms with van der Waals surface area (Å²) in [5.74, 6) is 1.08. The van der Waals surface area contributed by atoms with Gasteiger partial charge in [0, 0.05) is 23.7 Å². The third kappa shape index (κ3) is 4.01. The van der Waals surface area contributed by atoms with Crippen molar-refractivity contribution in [3.63, 3.8) is 0 Å². The Labute approximate surface area is 124 Å². The molecular weight excluding hydrogens is 334 g/mol. The van der Waals surface area contributed by atoms with Crippen molar-refractivity contribution in [2.45, 2.75) is 6.54 Å². The lowest BCUT2D eigenvalue weighted by atomic mass is 10.2. The fourth-order valence-electron chi connectivity index (χ4n) is 1.45. The first-order valence-electron chi connectivity index (χ1n) is 5.68. The highest BCUT2D eigenvalue weighted by Crippen LogP contribution is 2.27. The van der Waals surface area contributed by atoms with Crippen LogP contribution in [0.1, 0.15) is 5.89 Å². The lowest BCUT2D eigenvalue weighted by Crippen LogP contribution is -2.18. The summed E-state index contributed by atoms with van der Waals surface area (Å²) >= 11 is 9.30. The Bertz CT molecular complexity index is 548. The molecule has 19 heavy (non-hydrogen) atoms. The Kier molecular flexibility index (Phi) is 5.33. The topological polar surface area (TPSA) is 60.2 Å². The third-order valence-electron chi connectivity index (χ3n) is 2.41. The van der Waals surface area contributed by atoms with Gasteiger partial charge in [0.1, 0.15) is 0 Å². The van der Waals surface area contributed by atoms with E-state index in [-0.39, 0.29) is 0 Å². The van der Waals surface area contributed by atoms with Crippen LogP contribution in [-0.2, 0) is 11.3 Å². The average Bonchev–Trinajstić information content (AvgIpc) is 2.87. The molecule has 2 aromatic rings. The molecule has 1 aromatic heterocycles. The van der Waals surface area contributed by atoms with Gasteiger partial charge in [0.2, 0.25) is 11.7 Å². The van der Waals surface area contributed by atoms with E-state index in [1.165, 1.54) is 0 Å². The summed E-state index contributed by atoms with van der Waals surface area (Å²) in [4.78, 5) is 4.30. The van der Waals surface area contributed by atoms with E-state index in [1.54, 1.807) is 13.2 Å². The number of rotatable bonds is 6. The Balaban J connectivity index is 2.01. The van der Waals surface area contributed by atoms with E-state index < -0.39 is 0 Å². The van der Waals surface area contributed by atoms with E-state index in [2.05, 4.69) is 31.4 Å². The molecule has 0 aliphatic heterocycles. The maximum atomic E-state index is 5.94. The van der Waals surface area contributed by atoms with Crippen molar-refractivity contribution >= 4 is 27.5 Å². The van der Waals surface area contributed by atoms with Crippen LogP contribution in [0.3, 0.4) is 0 Å². The molecule has 0 radical (unpaired) electrons. The smallest absolute Gasteiger partial charge is 0.240 e. The largest absolute Gasteiger partial charge is 0.383 e. The van der Waals surface area contributed by atoms with Gasteiger partial charge in [0.15, 0.2) is 0 Å². The summed E-state index contributed by atoms with van der Waals surface area (Å²) in [5.41, 5.74) is 0.850. The van der Waals surface area contributed by atoms with E-state index in [0.717, 1.165) is 16.6 Å². The molecule has 0 aliphatic carbocycles. The molecule has 0 unspecified atom stereocenters. The van der Waals surface area contributed by atoms with Gasteiger partial charge in [-0.3, -0.25) is 0 Å². The second-order valence-electron chi connectivity index (χ2n) is 3.81. The summed E-state index contributed by atoms with van der Waals surface area (Å²) in [6.45, 7) is 1.90. The molecule has 5 nitrogen and oxygen atoms in total. The molecule has 0 bridgehead atoms. The SMILES string of the molecule is COCCNCc1nc(-c2ccc(Cl)c(Br)c2)no1. The number of aromatic nitrogens is 2. The van der Waals surface area contributed by atoms with Gasteiger partial charge in [-0.1, -0.05) is 16.8 Å².